The van der Waals surface area contributed by atoms with Gasteiger partial charge in [0.2, 0.25) is 5.91 Å². The summed E-state index contributed by atoms with van der Waals surface area (Å²) in [6.45, 7) is 6.62. The van der Waals surface area contributed by atoms with Crippen molar-refractivity contribution in [3.63, 3.8) is 0 Å². The van der Waals surface area contributed by atoms with Gasteiger partial charge in [0.25, 0.3) is 0 Å². The van der Waals surface area contributed by atoms with E-state index in [-0.39, 0.29) is 5.91 Å². The van der Waals surface area contributed by atoms with Crippen LogP contribution < -0.4 is 10.6 Å². The van der Waals surface area contributed by atoms with Gasteiger partial charge in [-0.1, -0.05) is 31.2 Å². The Morgan fingerprint density at radius 1 is 1.36 bits per heavy atom. The number of carbonyl (C=O) groups is 1. The molecule has 0 aromatic heterocycles. The predicted molar refractivity (Wildman–Crippen MR) is 88.3 cm³/mol. The van der Waals surface area contributed by atoms with Crippen molar-refractivity contribution in [2.24, 2.45) is 11.8 Å². The van der Waals surface area contributed by atoms with Crippen LogP contribution in [-0.4, -0.2) is 24.1 Å². The number of piperidine rings is 1. The highest BCUT2D eigenvalue weighted by Gasteiger charge is 2.21. The van der Waals surface area contributed by atoms with Crippen molar-refractivity contribution in [3.8, 4) is 0 Å². The lowest BCUT2D eigenvalue weighted by molar-refractivity contribution is -0.122. The molecule has 4 heteroatoms. The minimum Gasteiger partial charge on any atom is -0.389 e. The lowest BCUT2D eigenvalue weighted by Crippen LogP contribution is -2.35. The molecule has 0 radical (unpaired) electrons. The second-order valence-electron chi connectivity index (χ2n) is 6.48. The molecule has 0 saturated carbocycles. The van der Waals surface area contributed by atoms with Crippen molar-refractivity contribution in [3.05, 3.63) is 35.4 Å². The second kappa shape index (κ2) is 8.30. The van der Waals surface area contributed by atoms with Crippen LogP contribution in [0.3, 0.4) is 0 Å². The Morgan fingerprint density at radius 2 is 2.09 bits per heavy atom. The first-order chi connectivity index (χ1) is 10.6. The van der Waals surface area contributed by atoms with E-state index >= 15 is 0 Å². The first-order valence-electron chi connectivity index (χ1n) is 8.30. The molecule has 1 amide bonds. The third-order valence-electron chi connectivity index (χ3n) is 4.60. The fraction of sp³-hybridized carbons (Fsp3) is 0.611. The summed E-state index contributed by atoms with van der Waals surface area (Å²) in [5.41, 5.74) is 1.96. The maximum atomic E-state index is 12.1. The minimum absolute atomic E-state index is 0.123. The van der Waals surface area contributed by atoms with Crippen LogP contribution in [0.25, 0.3) is 0 Å². The van der Waals surface area contributed by atoms with E-state index in [4.69, 9.17) is 0 Å². The largest absolute Gasteiger partial charge is 0.389 e. The standard InChI is InChI=1S/C18H28N2O2/c1-13(17-4-3-9-19-12-17)10-18(22)20-11-15-5-7-16(8-6-15)14(2)21/h5-8,13-14,17,19,21H,3-4,9-12H2,1-2H3,(H,20,22). The molecular weight excluding hydrogens is 276 g/mol. The van der Waals surface area contributed by atoms with E-state index in [9.17, 15) is 9.90 Å². The Labute approximate surface area is 133 Å². The number of rotatable bonds is 6. The van der Waals surface area contributed by atoms with Crippen LogP contribution in [-0.2, 0) is 11.3 Å². The number of carbonyl (C=O) groups excluding carboxylic acids is 1. The van der Waals surface area contributed by atoms with Crippen LogP contribution in [0.2, 0.25) is 0 Å². The summed E-state index contributed by atoms with van der Waals surface area (Å²) in [6, 6.07) is 7.72. The van der Waals surface area contributed by atoms with E-state index in [1.54, 1.807) is 6.92 Å². The molecule has 22 heavy (non-hydrogen) atoms. The van der Waals surface area contributed by atoms with Crippen LogP contribution in [0.5, 0.6) is 0 Å². The molecule has 1 saturated heterocycles. The molecule has 1 aliphatic heterocycles. The summed E-state index contributed by atoms with van der Waals surface area (Å²) in [5.74, 6) is 1.16. The highest BCUT2D eigenvalue weighted by Crippen LogP contribution is 2.22. The second-order valence-corrected chi connectivity index (χ2v) is 6.48. The Kier molecular flexibility index (Phi) is 6.40. The third kappa shape index (κ3) is 5.11. The van der Waals surface area contributed by atoms with Crippen molar-refractivity contribution in [2.45, 2.75) is 45.8 Å². The van der Waals surface area contributed by atoms with Crippen molar-refractivity contribution in [1.29, 1.82) is 0 Å². The molecule has 1 aliphatic rings. The summed E-state index contributed by atoms with van der Waals surface area (Å²) in [5, 5.41) is 15.9. The number of hydrogen-bond donors (Lipinski definition) is 3. The zero-order valence-electron chi connectivity index (χ0n) is 13.6. The van der Waals surface area contributed by atoms with Gasteiger partial charge in [0.1, 0.15) is 0 Å². The first-order valence-corrected chi connectivity index (χ1v) is 8.30. The summed E-state index contributed by atoms with van der Waals surface area (Å²) in [6.07, 6.45) is 2.58. The molecule has 1 aromatic carbocycles. The number of benzene rings is 1. The first kappa shape index (κ1) is 17.0. The molecule has 0 aliphatic carbocycles. The fourth-order valence-electron chi connectivity index (χ4n) is 3.01. The monoisotopic (exact) mass is 304 g/mol. The number of aliphatic hydroxyl groups excluding tert-OH is 1. The summed E-state index contributed by atoms with van der Waals surface area (Å²) < 4.78 is 0. The van der Waals surface area contributed by atoms with Crippen molar-refractivity contribution in [2.75, 3.05) is 13.1 Å². The van der Waals surface area contributed by atoms with E-state index in [0.717, 1.165) is 24.2 Å². The minimum atomic E-state index is -0.450. The van der Waals surface area contributed by atoms with Gasteiger partial charge in [-0.3, -0.25) is 4.79 Å². The average Bonchev–Trinajstić information content (AvgIpc) is 2.54. The summed E-state index contributed by atoms with van der Waals surface area (Å²) >= 11 is 0. The molecule has 1 fully saturated rings. The summed E-state index contributed by atoms with van der Waals surface area (Å²) in [4.78, 5) is 12.1. The molecule has 3 N–H and O–H groups in total. The molecule has 3 atom stereocenters. The van der Waals surface area contributed by atoms with Gasteiger partial charge in [0.15, 0.2) is 0 Å². The average molecular weight is 304 g/mol. The molecule has 3 unspecified atom stereocenters. The third-order valence-corrected chi connectivity index (χ3v) is 4.60. The lowest BCUT2D eigenvalue weighted by atomic mass is 9.85. The molecule has 4 nitrogen and oxygen atoms in total. The lowest BCUT2D eigenvalue weighted by Gasteiger charge is -2.28. The van der Waals surface area contributed by atoms with Crippen molar-refractivity contribution in [1.82, 2.24) is 10.6 Å². The molecule has 0 bridgehead atoms. The molecule has 2 rings (SSSR count). The Hall–Kier alpha value is -1.39. The van der Waals surface area contributed by atoms with Crippen LogP contribution in [0.4, 0.5) is 0 Å². The highest BCUT2D eigenvalue weighted by atomic mass is 16.3. The van der Waals surface area contributed by atoms with Crippen molar-refractivity contribution < 1.29 is 9.90 Å². The zero-order chi connectivity index (χ0) is 15.9. The van der Waals surface area contributed by atoms with Crippen LogP contribution in [0.15, 0.2) is 24.3 Å². The van der Waals surface area contributed by atoms with E-state index in [0.29, 0.717) is 24.8 Å². The summed E-state index contributed by atoms with van der Waals surface area (Å²) in [7, 11) is 0. The molecule has 1 aromatic rings. The smallest absolute Gasteiger partial charge is 0.220 e. The van der Waals surface area contributed by atoms with Gasteiger partial charge in [0.05, 0.1) is 6.10 Å². The van der Waals surface area contributed by atoms with Gasteiger partial charge in [-0.15, -0.1) is 0 Å². The number of nitrogens with one attached hydrogen (secondary N) is 2. The van der Waals surface area contributed by atoms with Gasteiger partial charge in [-0.25, -0.2) is 0 Å². The van der Waals surface area contributed by atoms with Crippen molar-refractivity contribution >= 4 is 5.91 Å². The predicted octanol–water partition coefficient (Wildman–Crippen LogP) is 2.38. The number of hydrogen-bond acceptors (Lipinski definition) is 3. The Balaban J connectivity index is 1.74. The Bertz CT molecular complexity index is 464. The van der Waals surface area contributed by atoms with E-state index in [2.05, 4.69) is 17.6 Å². The SMILES string of the molecule is CC(O)c1ccc(CNC(=O)CC(C)C2CCCNC2)cc1. The number of aliphatic hydroxyl groups is 1. The van der Waals surface area contributed by atoms with Gasteiger partial charge < -0.3 is 15.7 Å². The maximum absolute atomic E-state index is 12.1. The van der Waals surface area contributed by atoms with Crippen LogP contribution in [0.1, 0.15) is 50.3 Å². The van der Waals surface area contributed by atoms with Gasteiger partial charge in [-0.05, 0) is 55.8 Å². The van der Waals surface area contributed by atoms with Crippen LogP contribution in [0, 0.1) is 11.8 Å². The van der Waals surface area contributed by atoms with E-state index < -0.39 is 6.10 Å². The van der Waals surface area contributed by atoms with Gasteiger partial charge >= 0.3 is 0 Å². The van der Waals surface area contributed by atoms with E-state index in [1.165, 1.54) is 12.8 Å². The van der Waals surface area contributed by atoms with Gasteiger partial charge in [-0.2, -0.15) is 0 Å². The van der Waals surface area contributed by atoms with Crippen LogP contribution >= 0.6 is 0 Å². The normalized spacial score (nSPS) is 21.1. The molecular formula is C18H28N2O2. The quantitative estimate of drug-likeness (QED) is 0.756. The van der Waals surface area contributed by atoms with Gasteiger partial charge in [0, 0.05) is 13.0 Å². The molecule has 0 spiro atoms. The van der Waals surface area contributed by atoms with E-state index in [1.807, 2.05) is 24.3 Å². The Morgan fingerprint density at radius 3 is 2.68 bits per heavy atom. The fourth-order valence-corrected chi connectivity index (χ4v) is 3.01. The maximum Gasteiger partial charge on any atom is 0.220 e. The molecule has 1 heterocycles. The number of amides is 1. The zero-order valence-corrected chi connectivity index (χ0v) is 13.6. The highest BCUT2D eigenvalue weighted by molar-refractivity contribution is 5.76. The topological polar surface area (TPSA) is 61.4 Å². The molecule has 122 valence electrons.